The highest BCUT2D eigenvalue weighted by molar-refractivity contribution is 7.86. The summed E-state index contributed by atoms with van der Waals surface area (Å²) in [6.45, 7) is 3.08. The molecule has 1 amide bonds. The molecule has 4 nitrogen and oxygen atoms in total. The molecule has 0 aromatic heterocycles. The number of anilines is 1. The van der Waals surface area contributed by atoms with Gasteiger partial charge in [-0.25, -0.2) is 4.21 Å². The predicted octanol–water partition coefficient (Wildman–Crippen LogP) is 4.48. The number of hydrogen-bond donors (Lipinski definition) is 1. The van der Waals surface area contributed by atoms with Gasteiger partial charge in [-0.1, -0.05) is 60.7 Å². The van der Waals surface area contributed by atoms with E-state index in [2.05, 4.69) is 4.72 Å². The fourth-order valence-electron chi connectivity index (χ4n) is 2.76. The second kappa shape index (κ2) is 9.14. The SMILES string of the molecule is CCN(Cc1ccccc1)C(=O)c1ccccc1NS(=O)c1ccccc1. The van der Waals surface area contributed by atoms with E-state index < -0.39 is 11.0 Å². The topological polar surface area (TPSA) is 49.4 Å². The molecule has 0 aliphatic heterocycles. The van der Waals surface area contributed by atoms with Gasteiger partial charge in [0.15, 0.2) is 0 Å². The fourth-order valence-corrected chi connectivity index (χ4v) is 3.66. The monoisotopic (exact) mass is 378 g/mol. The third-order valence-corrected chi connectivity index (χ3v) is 5.31. The smallest absolute Gasteiger partial charge is 0.256 e. The van der Waals surface area contributed by atoms with Gasteiger partial charge in [0.2, 0.25) is 0 Å². The summed E-state index contributed by atoms with van der Waals surface area (Å²) in [4.78, 5) is 15.5. The van der Waals surface area contributed by atoms with E-state index in [0.29, 0.717) is 29.2 Å². The Kier molecular flexibility index (Phi) is 6.39. The summed E-state index contributed by atoms with van der Waals surface area (Å²) in [5, 5.41) is 0. The second-order valence-corrected chi connectivity index (χ2v) is 7.25. The van der Waals surface area contributed by atoms with Crippen molar-refractivity contribution in [1.29, 1.82) is 0 Å². The van der Waals surface area contributed by atoms with Crippen LogP contribution in [0.25, 0.3) is 0 Å². The quantitative estimate of drug-likeness (QED) is 0.659. The normalized spacial score (nSPS) is 11.6. The maximum Gasteiger partial charge on any atom is 0.256 e. The maximum atomic E-state index is 13.1. The zero-order valence-corrected chi connectivity index (χ0v) is 16.0. The number of nitrogens with one attached hydrogen (secondary N) is 1. The first kappa shape index (κ1) is 18.9. The Morgan fingerprint density at radius 1 is 0.889 bits per heavy atom. The Labute approximate surface area is 162 Å². The van der Waals surface area contributed by atoms with Crippen molar-refractivity contribution in [3.05, 3.63) is 96.1 Å². The van der Waals surface area contributed by atoms with E-state index >= 15 is 0 Å². The minimum Gasteiger partial charge on any atom is -0.335 e. The average molecular weight is 378 g/mol. The van der Waals surface area contributed by atoms with Gasteiger partial charge in [0.1, 0.15) is 11.0 Å². The summed E-state index contributed by atoms with van der Waals surface area (Å²) >= 11 is 0. The van der Waals surface area contributed by atoms with Crippen LogP contribution >= 0.6 is 0 Å². The highest BCUT2D eigenvalue weighted by atomic mass is 32.2. The highest BCUT2D eigenvalue weighted by Crippen LogP contribution is 2.21. The van der Waals surface area contributed by atoms with Gasteiger partial charge in [-0.2, -0.15) is 0 Å². The van der Waals surface area contributed by atoms with E-state index in [9.17, 15) is 9.00 Å². The molecule has 0 aliphatic carbocycles. The molecule has 0 heterocycles. The van der Waals surface area contributed by atoms with Crippen LogP contribution in [0.3, 0.4) is 0 Å². The molecule has 0 radical (unpaired) electrons. The van der Waals surface area contributed by atoms with Crippen molar-refractivity contribution in [2.24, 2.45) is 0 Å². The molecule has 5 heteroatoms. The first-order chi connectivity index (χ1) is 13.2. The lowest BCUT2D eigenvalue weighted by Crippen LogP contribution is -2.31. The average Bonchev–Trinajstić information content (AvgIpc) is 2.73. The van der Waals surface area contributed by atoms with Crippen LogP contribution in [0.15, 0.2) is 89.8 Å². The molecule has 1 atom stereocenters. The summed E-state index contributed by atoms with van der Waals surface area (Å²) < 4.78 is 15.6. The lowest BCUT2D eigenvalue weighted by molar-refractivity contribution is 0.0753. The van der Waals surface area contributed by atoms with Crippen LogP contribution < -0.4 is 4.72 Å². The van der Waals surface area contributed by atoms with Crippen molar-refractivity contribution >= 4 is 22.6 Å². The van der Waals surface area contributed by atoms with Gasteiger partial charge >= 0.3 is 0 Å². The number of amides is 1. The highest BCUT2D eigenvalue weighted by Gasteiger charge is 2.19. The summed E-state index contributed by atoms with van der Waals surface area (Å²) in [7, 11) is -1.44. The van der Waals surface area contributed by atoms with E-state index in [4.69, 9.17) is 0 Å². The van der Waals surface area contributed by atoms with Crippen molar-refractivity contribution < 1.29 is 9.00 Å². The van der Waals surface area contributed by atoms with Crippen LogP contribution in [0, 0.1) is 0 Å². The minimum atomic E-state index is -1.44. The van der Waals surface area contributed by atoms with Crippen molar-refractivity contribution in [3.63, 3.8) is 0 Å². The number of carbonyl (C=O) groups excluding carboxylic acids is 1. The number of hydrogen-bond acceptors (Lipinski definition) is 2. The number of benzene rings is 3. The molecule has 0 bridgehead atoms. The Morgan fingerprint density at radius 2 is 1.48 bits per heavy atom. The van der Waals surface area contributed by atoms with E-state index in [1.807, 2.05) is 67.6 Å². The molecule has 3 aromatic rings. The Bertz CT molecular complexity index is 914. The molecule has 3 aromatic carbocycles. The van der Waals surface area contributed by atoms with Crippen LogP contribution in [0.1, 0.15) is 22.8 Å². The van der Waals surface area contributed by atoms with Crippen LogP contribution in [0.5, 0.6) is 0 Å². The molecule has 1 N–H and O–H groups in total. The second-order valence-electron chi connectivity index (χ2n) is 6.03. The third-order valence-electron chi connectivity index (χ3n) is 4.20. The van der Waals surface area contributed by atoms with E-state index in [1.165, 1.54) is 0 Å². The summed E-state index contributed by atoms with van der Waals surface area (Å²) in [5.74, 6) is -0.0884. The molecular weight excluding hydrogens is 356 g/mol. The summed E-state index contributed by atoms with van der Waals surface area (Å²) in [5.41, 5.74) is 2.15. The molecule has 0 saturated heterocycles. The van der Waals surface area contributed by atoms with Gasteiger partial charge < -0.3 is 9.62 Å². The van der Waals surface area contributed by atoms with E-state index in [0.717, 1.165) is 5.56 Å². The first-order valence-electron chi connectivity index (χ1n) is 8.84. The summed E-state index contributed by atoms with van der Waals surface area (Å²) in [6.07, 6.45) is 0. The molecule has 0 aliphatic rings. The molecule has 0 spiro atoms. The molecule has 0 saturated carbocycles. The van der Waals surface area contributed by atoms with Crippen molar-refractivity contribution in [3.8, 4) is 0 Å². The Morgan fingerprint density at radius 3 is 2.15 bits per heavy atom. The minimum absolute atomic E-state index is 0.0884. The van der Waals surface area contributed by atoms with Crippen molar-refractivity contribution in [2.45, 2.75) is 18.4 Å². The van der Waals surface area contributed by atoms with Gasteiger partial charge in [0.25, 0.3) is 5.91 Å². The zero-order valence-electron chi connectivity index (χ0n) is 15.2. The van der Waals surface area contributed by atoms with Gasteiger partial charge in [-0.15, -0.1) is 0 Å². The van der Waals surface area contributed by atoms with Crippen LogP contribution in [-0.4, -0.2) is 21.6 Å². The molecule has 0 fully saturated rings. The third kappa shape index (κ3) is 4.83. The van der Waals surface area contributed by atoms with Crippen LogP contribution in [0.4, 0.5) is 5.69 Å². The van der Waals surface area contributed by atoms with E-state index in [-0.39, 0.29) is 5.91 Å². The molecule has 138 valence electrons. The van der Waals surface area contributed by atoms with Gasteiger partial charge in [-0.05, 0) is 36.8 Å². The van der Waals surface area contributed by atoms with Crippen molar-refractivity contribution in [2.75, 3.05) is 11.3 Å². The van der Waals surface area contributed by atoms with Crippen LogP contribution in [0.2, 0.25) is 0 Å². The standard InChI is InChI=1S/C22H22N2O2S/c1-2-24(17-18-11-5-3-6-12-18)22(25)20-15-9-10-16-21(20)23-27(26)19-13-7-4-8-14-19/h3-16,23H,2,17H2,1H3. The maximum absolute atomic E-state index is 13.1. The lowest BCUT2D eigenvalue weighted by atomic mass is 10.1. The lowest BCUT2D eigenvalue weighted by Gasteiger charge is -2.22. The Hall–Kier alpha value is -2.92. The van der Waals surface area contributed by atoms with Crippen molar-refractivity contribution in [1.82, 2.24) is 4.90 Å². The number of rotatable bonds is 7. The molecule has 3 rings (SSSR count). The molecule has 1 unspecified atom stereocenters. The van der Waals surface area contributed by atoms with E-state index in [1.54, 1.807) is 29.2 Å². The van der Waals surface area contributed by atoms with Gasteiger partial charge in [0.05, 0.1) is 16.1 Å². The molecular formula is C22H22N2O2S. The zero-order chi connectivity index (χ0) is 19.1. The summed E-state index contributed by atoms with van der Waals surface area (Å²) in [6, 6.07) is 26.2. The Balaban J connectivity index is 1.81. The van der Waals surface area contributed by atoms with Crippen LogP contribution in [-0.2, 0) is 17.5 Å². The number of carbonyl (C=O) groups is 1. The largest absolute Gasteiger partial charge is 0.335 e. The number of nitrogens with zero attached hydrogens (tertiary/aromatic N) is 1. The fraction of sp³-hybridized carbons (Fsp3) is 0.136. The first-order valence-corrected chi connectivity index (χ1v) is 9.99. The number of para-hydroxylation sites is 1. The predicted molar refractivity (Wildman–Crippen MR) is 110 cm³/mol. The van der Waals surface area contributed by atoms with Gasteiger partial charge in [0, 0.05) is 13.1 Å². The molecule has 27 heavy (non-hydrogen) atoms. The van der Waals surface area contributed by atoms with Gasteiger partial charge in [-0.3, -0.25) is 4.79 Å².